The maximum absolute atomic E-state index is 11.7. The van der Waals surface area contributed by atoms with Gasteiger partial charge in [-0.3, -0.25) is 9.11 Å². The Morgan fingerprint density at radius 2 is 1.46 bits per heavy atom. The lowest BCUT2D eigenvalue weighted by molar-refractivity contribution is -0.445. The van der Waals surface area contributed by atoms with Gasteiger partial charge in [-0.05, 0) is 17.2 Å². The summed E-state index contributed by atoms with van der Waals surface area (Å²) in [6.07, 6.45) is 2.61. The molecular weight excluding hydrogens is 388 g/mol. The molecule has 0 aromatic heterocycles. The van der Waals surface area contributed by atoms with Crippen molar-refractivity contribution >= 4 is 38.1 Å². The molecular formula is C14H12N2O8S2. The molecule has 0 radical (unpaired) electrons. The van der Waals surface area contributed by atoms with Crippen LogP contribution in [0.15, 0.2) is 52.3 Å². The fourth-order valence-corrected chi connectivity index (χ4v) is 4.32. The second-order valence-corrected chi connectivity index (χ2v) is 7.64. The van der Waals surface area contributed by atoms with Crippen molar-refractivity contribution in [3.8, 4) is 0 Å². The molecule has 138 valence electrons. The molecule has 10 nitrogen and oxygen atoms in total. The molecule has 0 heterocycles. The lowest BCUT2D eigenvalue weighted by atomic mass is 10.1. The van der Waals surface area contributed by atoms with E-state index in [0.29, 0.717) is 5.56 Å². The van der Waals surface area contributed by atoms with E-state index in [1.807, 2.05) is 0 Å². The Labute approximate surface area is 148 Å². The minimum Gasteiger partial charge on any atom is -0.282 e. The first-order valence-electron chi connectivity index (χ1n) is 6.76. The van der Waals surface area contributed by atoms with Crippen LogP contribution >= 0.6 is 0 Å². The quantitative estimate of drug-likeness (QED) is 0.284. The Kier molecular flexibility index (Phi) is 5.41. The lowest BCUT2D eigenvalue weighted by Crippen LogP contribution is -2.16. The van der Waals surface area contributed by atoms with Gasteiger partial charge in [0.1, 0.15) is 15.5 Å². The number of hydrazine groups is 1. The summed E-state index contributed by atoms with van der Waals surface area (Å²) in [6.45, 7) is 0. The average molecular weight is 400 g/mol. The van der Waals surface area contributed by atoms with E-state index in [2.05, 4.69) is 0 Å². The van der Waals surface area contributed by atoms with E-state index in [1.165, 1.54) is 17.6 Å². The Bertz CT molecular complexity index is 1080. The number of hydrogen-bond acceptors (Lipinski definition) is 6. The molecule has 0 unspecified atom stereocenters. The third kappa shape index (κ3) is 4.64. The summed E-state index contributed by atoms with van der Waals surface area (Å²) in [5.74, 6) is 0. The van der Waals surface area contributed by atoms with Crippen molar-refractivity contribution in [2.75, 3.05) is 5.43 Å². The number of nitrogens with zero attached hydrogens (tertiary/aromatic N) is 1. The summed E-state index contributed by atoms with van der Waals surface area (Å²) in [6, 6.07) is 10.4. The van der Waals surface area contributed by atoms with Crippen LogP contribution in [0.3, 0.4) is 0 Å². The monoisotopic (exact) mass is 400 g/mol. The first kappa shape index (κ1) is 19.5. The number of nitrogens with one attached hydrogen (secondary N) is 1. The minimum atomic E-state index is -5.24. The summed E-state index contributed by atoms with van der Waals surface area (Å²) < 4.78 is 65.5. The van der Waals surface area contributed by atoms with Gasteiger partial charge < -0.3 is 0 Å². The van der Waals surface area contributed by atoms with E-state index in [1.54, 1.807) is 30.3 Å². The van der Waals surface area contributed by atoms with Crippen LogP contribution < -0.4 is 5.43 Å². The van der Waals surface area contributed by atoms with Gasteiger partial charge in [-0.15, -0.1) is 5.43 Å². The Hall–Kier alpha value is -2.80. The van der Waals surface area contributed by atoms with Crippen molar-refractivity contribution in [3.63, 3.8) is 0 Å². The zero-order valence-corrected chi connectivity index (χ0v) is 14.4. The molecule has 0 aliphatic carbocycles. The highest BCUT2D eigenvalue weighted by atomic mass is 32.2. The van der Waals surface area contributed by atoms with Crippen molar-refractivity contribution in [2.24, 2.45) is 0 Å². The van der Waals surface area contributed by atoms with Crippen LogP contribution in [0.2, 0.25) is 0 Å². The van der Waals surface area contributed by atoms with Gasteiger partial charge in [0.2, 0.25) is 0 Å². The predicted molar refractivity (Wildman–Crippen MR) is 92.1 cm³/mol. The van der Waals surface area contributed by atoms with E-state index in [-0.39, 0.29) is 5.56 Å². The van der Waals surface area contributed by atoms with Gasteiger partial charge in [-0.25, -0.2) is 10.1 Å². The minimum absolute atomic E-state index is 0.294. The Morgan fingerprint density at radius 1 is 0.885 bits per heavy atom. The molecule has 0 bridgehead atoms. The number of anilines is 1. The highest BCUT2D eigenvalue weighted by Crippen LogP contribution is 2.33. The molecule has 2 aromatic carbocycles. The average Bonchev–Trinajstić information content (AvgIpc) is 2.51. The number of rotatable bonds is 6. The van der Waals surface area contributed by atoms with E-state index >= 15 is 0 Å². The number of hydrogen-bond donors (Lipinski definition) is 3. The maximum Gasteiger partial charge on any atom is 0.298 e. The molecule has 2 rings (SSSR count). The van der Waals surface area contributed by atoms with Gasteiger partial charge in [0.15, 0.2) is 5.03 Å². The largest absolute Gasteiger partial charge is 0.298 e. The van der Waals surface area contributed by atoms with Crippen LogP contribution in [-0.2, 0) is 20.2 Å². The third-order valence-corrected chi connectivity index (χ3v) is 5.15. The van der Waals surface area contributed by atoms with Gasteiger partial charge in [0.25, 0.3) is 20.2 Å². The second-order valence-electron chi connectivity index (χ2n) is 4.92. The van der Waals surface area contributed by atoms with Crippen LogP contribution in [-0.4, -0.2) is 31.0 Å². The molecule has 0 atom stereocenters. The number of nitro groups is 1. The van der Waals surface area contributed by atoms with Crippen LogP contribution in [0, 0.1) is 10.1 Å². The summed E-state index contributed by atoms with van der Waals surface area (Å²) in [7, 11) is -10.4. The first-order valence-corrected chi connectivity index (χ1v) is 9.64. The molecule has 0 fully saturated rings. The summed E-state index contributed by atoms with van der Waals surface area (Å²) in [5.41, 5.74) is 1.000. The SMILES string of the molecule is O=[N+]([O-])Nc1ccc(C=Cc2ccccc2)c(S(=O)(=O)O)c1S(=O)(=O)O. The normalized spacial score (nSPS) is 12.2. The highest BCUT2D eigenvalue weighted by molar-refractivity contribution is 7.89. The highest BCUT2D eigenvalue weighted by Gasteiger charge is 2.31. The van der Waals surface area contributed by atoms with Gasteiger partial charge in [-0.2, -0.15) is 16.8 Å². The molecule has 0 saturated carbocycles. The topological polar surface area (TPSA) is 164 Å². The van der Waals surface area contributed by atoms with Crippen LogP contribution in [0.4, 0.5) is 5.69 Å². The molecule has 0 amide bonds. The van der Waals surface area contributed by atoms with Crippen molar-refractivity contribution in [3.05, 3.63) is 63.7 Å². The molecule has 26 heavy (non-hydrogen) atoms. The van der Waals surface area contributed by atoms with Crippen LogP contribution in [0.1, 0.15) is 11.1 Å². The third-order valence-electron chi connectivity index (χ3n) is 3.13. The van der Waals surface area contributed by atoms with Gasteiger partial charge in [-0.1, -0.05) is 48.6 Å². The Morgan fingerprint density at radius 3 is 1.96 bits per heavy atom. The van der Waals surface area contributed by atoms with Gasteiger partial charge in [0.05, 0.1) is 0 Å². The zero-order chi connectivity index (χ0) is 19.5. The number of benzene rings is 2. The molecule has 12 heteroatoms. The molecule has 2 aromatic rings. The fourth-order valence-electron chi connectivity index (χ4n) is 2.17. The van der Waals surface area contributed by atoms with E-state index in [0.717, 1.165) is 12.1 Å². The zero-order valence-electron chi connectivity index (χ0n) is 12.8. The Balaban J connectivity index is 2.78. The smallest absolute Gasteiger partial charge is 0.282 e. The molecule has 0 aliphatic heterocycles. The van der Waals surface area contributed by atoms with E-state index in [9.17, 15) is 36.1 Å². The van der Waals surface area contributed by atoms with Crippen molar-refractivity contribution in [1.29, 1.82) is 0 Å². The maximum atomic E-state index is 11.7. The van der Waals surface area contributed by atoms with Crippen LogP contribution in [0.5, 0.6) is 0 Å². The van der Waals surface area contributed by atoms with Crippen molar-refractivity contribution in [1.82, 2.24) is 0 Å². The van der Waals surface area contributed by atoms with Gasteiger partial charge in [0, 0.05) is 0 Å². The van der Waals surface area contributed by atoms with Crippen molar-refractivity contribution < 1.29 is 31.0 Å². The summed E-state index contributed by atoms with van der Waals surface area (Å²) in [5, 5.41) is 9.45. The molecule has 3 N–H and O–H groups in total. The molecule has 0 spiro atoms. The van der Waals surface area contributed by atoms with E-state index in [4.69, 9.17) is 0 Å². The van der Waals surface area contributed by atoms with Crippen LogP contribution in [0.25, 0.3) is 12.2 Å². The molecule has 0 saturated heterocycles. The molecule has 0 aliphatic rings. The second kappa shape index (κ2) is 7.21. The van der Waals surface area contributed by atoms with Crippen molar-refractivity contribution in [2.45, 2.75) is 9.79 Å². The standard InChI is InChI=1S/C14H12N2O8S2/c17-16(18)15-12-9-8-11(7-6-10-4-2-1-3-5-10)13(25(19,20)21)14(12)26(22,23)24/h1-9,15H,(H,19,20,21)(H,22,23,24). The fraction of sp³-hybridized carbons (Fsp3) is 0. The van der Waals surface area contributed by atoms with E-state index < -0.39 is 40.7 Å². The summed E-state index contributed by atoms with van der Waals surface area (Å²) in [4.78, 5) is 8.09. The first-order chi connectivity index (χ1) is 12.0. The predicted octanol–water partition coefficient (Wildman–Crippen LogP) is 1.95. The van der Waals surface area contributed by atoms with Gasteiger partial charge >= 0.3 is 0 Å². The lowest BCUT2D eigenvalue weighted by Gasteiger charge is -2.11. The summed E-state index contributed by atoms with van der Waals surface area (Å²) >= 11 is 0.